The molecule has 0 N–H and O–H groups in total. The van der Waals surface area contributed by atoms with Crippen LogP contribution in [-0.4, -0.2) is 0 Å². The third-order valence-electron chi connectivity index (χ3n) is 2.68. The Balaban J connectivity index is 2.40. The lowest BCUT2D eigenvalue weighted by molar-refractivity contribution is 0.477. The number of nitrogens with zero attached hydrogens (tertiary/aromatic N) is 1. The van der Waals surface area contributed by atoms with Crippen molar-refractivity contribution in [3.05, 3.63) is 57.6 Å². The van der Waals surface area contributed by atoms with E-state index in [0.29, 0.717) is 11.3 Å². The highest BCUT2D eigenvalue weighted by molar-refractivity contribution is 9.10. The van der Waals surface area contributed by atoms with Gasteiger partial charge in [-0.15, -0.1) is 0 Å². The molecule has 90 valence electrons. The number of benzene rings is 2. The van der Waals surface area contributed by atoms with Crippen LogP contribution >= 0.6 is 15.9 Å². The smallest absolute Gasteiger partial charge is 0.148 e. The molecule has 0 unspecified atom stereocenters. The molecule has 0 aromatic heterocycles. The van der Waals surface area contributed by atoms with Crippen molar-refractivity contribution in [2.45, 2.75) is 13.8 Å². The summed E-state index contributed by atoms with van der Waals surface area (Å²) in [5, 5.41) is 9.08. The molecule has 2 rings (SSSR count). The highest BCUT2D eigenvalue weighted by atomic mass is 79.9. The summed E-state index contributed by atoms with van der Waals surface area (Å²) in [6, 6.07) is 13.5. The molecule has 3 heteroatoms. The summed E-state index contributed by atoms with van der Waals surface area (Å²) in [4.78, 5) is 0. The molecular weight excluding hydrogens is 290 g/mol. The number of para-hydroxylation sites is 1. The lowest BCUT2D eigenvalue weighted by Gasteiger charge is -2.11. The van der Waals surface area contributed by atoms with Gasteiger partial charge in [-0.05, 0) is 49.2 Å². The Bertz CT molecular complexity index is 629. The molecule has 0 bridgehead atoms. The van der Waals surface area contributed by atoms with Gasteiger partial charge >= 0.3 is 0 Å². The Labute approximate surface area is 115 Å². The third kappa shape index (κ3) is 2.55. The average molecular weight is 302 g/mol. The lowest BCUT2D eigenvalue weighted by atomic mass is 10.1. The maximum Gasteiger partial charge on any atom is 0.148 e. The van der Waals surface area contributed by atoms with Crippen molar-refractivity contribution in [2.24, 2.45) is 0 Å². The Morgan fingerprint density at radius 2 is 1.89 bits per heavy atom. The first-order chi connectivity index (χ1) is 8.61. The second-order valence-electron chi connectivity index (χ2n) is 4.08. The Kier molecular flexibility index (Phi) is 3.69. The SMILES string of the molecule is Cc1cc(Oc2c(C)cccc2C#N)ccc1Br. The van der Waals surface area contributed by atoms with Crippen LogP contribution in [0.25, 0.3) is 0 Å². The Hall–Kier alpha value is -1.79. The van der Waals surface area contributed by atoms with Crippen LogP contribution in [0.2, 0.25) is 0 Å². The topological polar surface area (TPSA) is 33.0 Å². The quantitative estimate of drug-likeness (QED) is 0.803. The maximum atomic E-state index is 9.08. The largest absolute Gasteiger partial charge is 0.456 e. The van der Waals surface area contributed by atoms with E-state index in [-0.39, 0.29) is 0 Å². The lowest BCUT2D eigenvalue weighted by Crippen LogP contribution is -1.92. The first-order valence-corrected chi connectivity index (χ1v) is 6.35. The van der Waals surface area contributed by atoms with Gasteiger partial charge in [0.2, 0.25) is 0 Å². The minimum absolute atomic E-state index is 0.551. The van der Waals surface area contributed by atoms with Gasteiger partial charge in [-0.1, -0.05) is 28.1 Å². The first kappa shape index (κ1) is 12.7. The van der Waals surface area contributed by atoms with Crippen molar-refractivity contribution in [3.63, 3.8) is 0 Å². The molecule has 0 spiro atoms. The molecule has 0 saturated heterocycles. The molecule has 0 radical (unpaired) electrons. The van der Waals surface area contributed by atoms with E-state index in [0.717, 1.165) is 21.3 Å². The highest BCUT2D eigenvalue weighted by Gasteiger charge is 2.08. The monoisotopic (exact) mass is 301 g/mol. The zero-order chi connectivity index (χ0) is 13.1. The molecule has 2 aromatic rings. The van der Waals surface area contributed by atoms with Crippen molar-refractivity contribution in [2.75, 3.05) is 0 Å². The molecule has 0 heterocycles. The summed E-state index contributed by atoms with van der Waals surface area (Å²) < 4.78 is 6.87. The van der Waals surface area contributed by atoms with Crippen LogP contribution < -0.4 is 4.74 Å². The van der Waals surface area contributed by atoms with Crippen LogP contribution in [0.3, 0.4) is 0 Å². The number of hydrogen-bond acceptors (Lipinski definition) is 2. The molecule has 2 nitrogen and oxygen atoms in total. The van der Waals surface area contributed by atoms with E-state index in [1.165, 1.54) is 0 Å². The predicted molar refractivity (Wildman–Crippen MR) is 74.8 cm³/mol. The standard InChI is InChI=1S/C15H12BrNO/c1-10-4-3-5-12(9-17)15(10)18-13-6-7-14(16)11(2)8-13/h3-8H,1-2H3. The van der Waals surface area contributed by atoms with Gasteiger partial charge in [-0.2, -0.15) is 5.26 Å². The average Bonchev–Trinajstić information content (AvgIpc) is 2.36. The van der Waals surface area contributed by atoms with Crippen LogP contribution in [-0.2, 0) is 0 Å². The number of halogens is 1. The summed E-state index contributed by atoms with van der Waals surface area (Å²) in [5.74, 6) is 1.36. The predicted octanol–water partition coefficient (Wildman–Crippen LogP) is 4.73. The minimum Gasteiger partial charge on any atom is -0.456 e. The van der Waals surface area contributed by atoms with Crippen LogP contribution in [0.5, 0.6) is 11.5 Å². The van der Waals surface area contributed by atoms with E-state index in [2.05, 4.69) is 22.0 Å². The molecule has 0 aliphatic carbocycles. The van der Waals surface area contributed by atoms with Crippen molar-refractivity contribution < 1.29 is 4.74 Å². The van der Waals surface area contributed by atoms with Gasteiger partial charge in [0.05, 0.1) is 5.56 Å². The summed E-state index contributed by atoms with van der Waals surface area (Å²) in [5.41, 5.74) is 2.60. The molecule has 18 heavy (non-hydrogen) atoms. The fraction of sp³-hybridized carbons (Fsp3) is 0.133. The van der Waals surface area contributed by atoms with Gasteiger partial charge in [-0.3, -0.25) is 0 Å². The van der Waals surface area contributed by atoms with Crippen LogP contribution in [0.4, 0.5) is 0 Å². The molecule has 0 atom stereocenters. The fourth-order valence-electron chi connectivity index (χ4n) is 1.67. The zero-order valence-electron chi connectivity index (χ0n) is 10.2. The molecule has 2 aromatic carbocycles. The first-order valence-electron chi connectivity index (χ1n) is 5.55. The van der Waals surface area contributed by atoms with Crippen molar-refractivity contribution in [1.29, 1.82) is 5.26 Å². The second-order valence-corrected chi connectivity index (χ2v) is 4.93. The van der Waals surface area contributed by atoms with Gasteiger partial charge < -0.3 is 4.74 Å². The van der Waals surface area contributed by atoms with Gasteiger partial charge in [-0.25, -0.2) is 0 Å². The number of ether oxygens (including phenoxy) is 1. The molecule has 0 fully saturated rings. The number of nitriles is 1. The van der Waals surface area contributed by atoms with E-state index in [9.17, 15) is 0 Å². The minimum atomic E-state index is 0.551. The second kappa shape index (κ2) is 5.24. The number of hydrogen-bond donors (Lipinski definition) is 0. The summed E-state index contributed by atoms with van der Waals surface area (Å²) in [7, 11) is 0. The van der Waals surface area contributed by atoms with Crippen molar-refractivity contribution in [1.82, 2.24) is 0 Å². The van der Waals surface area contributed by atoms with E-state index >= 15 is 0 Å². The summed E-state index contributed by atoms with van der Waals surface area (Å²) in [6.45, 7) is 3.93. The highest BCUT2D eigenvalue weighted by Crippen LogP contribution is 2.30. The van der Waals surface area contributed by atoms with E-state index < -0.39 is 0 Å². The molecule has 0 saturated carbocycles. The van der Waals surface area contributed by atoms with Gasteiger partial charge in [0.25, 0.3) is 0 Å². The normalized spacial score (nSPS) is 9.89. The summed E-state index contributed by atoms with van der Waals surface area (Å²) >= 11 is 3.45. The molecule has 0 aliphatic rings. The maximum absolute atomic E-state index is 9.08. The molecular formula is C15H12BrNO. The number of rotatable bonds is 2. The fourth-order valence-corrected chi connectivity index (χ4v) is 1.92. The van der Waals surface area contributed by atoms with Crippen LogP contribution in [0, 0.1) is 25.2 Å². The third-order valence-corrected chi connectivity index (χ3v) is 3.57. The van der Waals surface area contributed by atoms with Gasteiger partial charge in [0.1, 0.15) is 17.6 Å². The van der Waals surface area contributed by atoms with E-state index in [1.54, 1.807) is 6.07 Å². The number of aryl methyl sites for hydroxylation is 2. The van der Waals surface area contributed by atoms with Gasteiger partial charge in [0, 0.05) is 4.47 Å². The van der Waals surface area contributed by atoms with Gasteiger partial charge in [0.15, 0.2) is 0 Å². The summed E-state index contributed by atoms with van der Waals surface area (Å²) in [6.07, 6.45) is 0. The van der Waals surface area contributed by atoms with Crippen LogP contribution in [0.1, 0.15) is 16.7 Å². The van der Waals surface area contributed by atoms with E-state index in [4.69, 9.17) is 10.00 Å². The molecule has 0 aliphatic heterocycles. The van der Waals surface area contributed by atoms with Crippen molar-refractivity contribution >= 4 is 15.9 Å². The van der Waals surface area contributed by atoms with Crippen molar-refractivity contribution in [3.8, 4) is 17.6 Å². The molecule has 0 amide bonds. The Morgan fingerprint density at radius 1 is 1.11 bits per heavy atom. The Morgan fingerprint density at radius 3 is 2.56 bits per heavy atom. The zero-order valence-corrected chi connectivity index (χ0v) is 11.8. The van der Waals surface area contributed by atoms with Crippen LogP contribution in [0.15, 0.2) is 40.9 Å². The van der Waals surface area contributed by atoms with E-state index in [1.807, 2.05) is 44.2 Å².